The van der Waals surface area contributed by atoms with E-state index in [0.29, 0.717) is 43.5 Å². The van der Waals surface area contributed by atoms with Gasteiger partial charge in [-0.3, -0.25) is 19.7 Å². The van der Waals surface area contributed by atoms with Crippen LogP contribution in [0.5, 0.6) is 11.5 Å². The lowest BCUT2D eigenvalue weighted by molar-refractivity contribution is -0.146. The molecule has 0 atom stereocenters. The number of methoxy groups -OCH3 is 1. The minimum absolute atomic E-state index is 0.0574. The van der Waals surface area contributed by atoms with Crippen LogP contribution < -0.4 is 14.8 Å². The van der Waals surface area contributed by atoms with Crippen LogP contribution in [0.2, 0.25) is 0 Å². The highest BCUT2D eigenvalue weighted by Gasteiger charge is 2.31. The number of aliphatic carboxylic acids is 1. The maximum absolute atomic E-state index is 12.7. The molecule has 4 rings (SSSR count). The van der Waals surface area contributed by atoms with Gasteiger partial charge in [0.25, 0.3) is 0 Å². The minimum atomic E-state index is -0.953. The van der Waals surface area contributed by atoms with Gasteiger partial charge in [0.2, 0.25) is 17.8 Å². The average Bonchev–Trinajstić information content (AvgIpc) is 3.22. The van der Waals surface area contributed by atoms with Gasteiger partial charge < -0.3 is 24.4 Å². The zero-order valence-electron chi connectivity index (χ0n) is 20.3. The van der Waals surface area contributed by atoms with Crippen LogP contribution in [0.25, 0.3) is 0 Å². The summed E-state index contributed by atoms with van der Waals surface area (Å²) < 4.78 is 11.6. The van der Waals surface area contributed by atoms with Crippen molar-refractivity contribution in [3.8, 4) is 11.5 Å². The molecule has 1 saturated heterocycles. The Labute approximate surface area is 205 Å². The van der Waals surface area contributed by atoms with Crippen LogP contribution in [0.15, 0.2) is 17.1 Å². The normalized spacial score (nSPS) is 17.2. The van der Waals surface area contributed by atoms with Crippen molar-refractivity contribution in [3.05, 3.63) is 17.7 Å². The molecule has 35 heavy (non-hydrogen) atoms. The predicted octanol–water partition coefficient (Wildman–Crippen LogP) is 2.81. The second-order valence-electron chi connectivity index (χ2n) is 9.30. The topological polar surface area (TPSA) is 121 Å². The fourth-order valence-electron chi connectivity index (χ4n) is 5.06. The summed E-state index contributed by atoms with van der Waals surface area (Å²) >= 11 is 0. The van der Waals surface area contributed by atoms with E-state index < -0.39 is 5.97 Å². The largest absolute Gasteiger partial charge is 0.492 e. The van der Waals surface area contributed by atoms with Crippen molar-refractivity contribution in [3.63, 3.8) is 0 Å². The zero-order chi connectivity index (χ0) is 24.8. The molecular formula is C25H34N4O6. The van der Waals surface area contributed by atoms with Gasteiger partial charge in [0.1, 0.15) is 13.1 Å². The van der Waals surface area contributed by atoms with Crippen molar-refractivity contribution < 1.29 is 29.0 Å². The summed E-state index contributed by atoms with van der Waals surface area (Å²) in [6.45, 7) is 1.06. The number of nitrogens with one attached hydrogen (secondary N) is 1. The highest BCUT2D eigenvalue weighted by molar-refractivity contribution is 6.06. The fraction of sp³-hybridized carbons (Fsp3) is 0.600. The van der Waals surface area contributed by atoms with Crippen molar-refractivity contribution in [2.75, 3.05) is 26.8 Å². The van der Waals surface area contributed by atoms with E-state index in [-0.39, 0.29) is 30.9 Å². The van der Waals surface area contributed by atoms with E-state index in [1.54, 1.807) is 12.0 Å². The van der Waals surface area contributed by atoms with Crippen LogP contribution in [0.1, 0.15) is 63.4 Å². The zero-order valence-corrected chi connectivity index (χ0v) is 20.3. The molecule has 10 nitrogen and oxygen atoms in total. The SMILES string of the molecule is COc1c(OCCCCCC(=O)N(CC(=O)O)C2CCCCC2)ccc2c1CN1CC(=O)NC1=N2. The monoisotopic (exact) mass is 486 g/mol. The summed E-state index contributed by atoms with van der Waals surface area (Å²) in [5.74, 6) is 0.728. The molecule has 3 aliphatic rings. The van der Waals surface area contributed by atoms with E-state index in [9.17, 15) is 19.5 Å². The Balaban J connectivity index is 1.24. The van der Waals surface area contributed by atoms with E-state index in [1.165, 1.54) is 0 Å². The van der Waals surface area contributed by atoms with Gasteiger partial charge in [0, 0.05) is 18.0 Å². The highest BCUT2D eigenvalue weighted by atomic mass is 16.5. The van der Waals surface area contributed by atoms with Crippen LogP contribution in [-0.2, 0) is 20.9 Å². The maximum Gasteiger partial charge on any atom is 0.323 e. The molecule has 1 aliphatic carbocycles. The first kappa shape index (κ1) is 24.8. The lowest BCUT2D eigenvalue weighted by atomic mass is 9.94. The van der Waals surface area contributed by atoms with Crippen molar-refractivity contribution in [1.29, 1.82) is 0 Å². The molecule has 0 aromatic heterocycles. The Kier molecular flexibility index (Phi) is 8.09. The Hall–Kier alpha value is -3.30. The molecule has 2 aliphatic heterocycles. The minimum Gasteiger partial charge on any atom is -0.492 e. The van der Waals surface area contributed by atoms with Gasteiger partial charge in [-0.1, -0.05) is 19.3 Å². The van der Waals surface area contributed by atoms with Crippen molar-refractivity contribution in [1.82, 2.24) is 15.1 Å². The van der Waals surface area contributed by atoms with Crippen LogP contribution >= 0.6 is 0 Å². The summed E-state index contributed by atoms with van der Waals surface area (Å²) in [5.41, 5.74) is 1.64. The second kappa shape index (κ2) is 11.4. The average molecular weight is 487 g/mol. The second-order valence-corrected chi connectivity index (χ2v) is 9.30. The van der Waals surface area contributed by atoms with Gasteiger partial charge in [0.15, 0.2) is 11.5 Å². The molecule has 2 amide bonds. The number of hydrogen-bond acceptors (Lipinski definition) is 7. The Morgan fingerprint density at radius 3 is 2.71 bits per heavy atom. The lowest BCUT2D eigenvalue weighted by Crippen LogP contribution is -2.44. The van der Waals surface area contributed by atoms with Gasteiger partial charge in [-0.25, -0.2) is 4.99 Å². The number of rotatable bonds is 11. The number of nitrogens with zero attached hydrogens (tertiary/aromatic N) is 3. The number of benzene rings is 1. The van der Waals surface area contributed by atoms with E-state index >= 15 is 0 Å². The number of fused-ring (bicyclic) bond motifs is 2. The fourth-order valence-corrected chi connectivity index (χ4v) is 5.06. The number of carboxylic acid groups (broad SMARTS) is 1. The van der Waals surface area contributed by atoms with Gasteiger partial charge in [0.05, 0.1) is 25.9 Å². The quantitative estimate of drug-likeness (QED) is 0.462. The molecule has 0 radical (unpaired) electrons. The summed E-state index contributed by atoms with van der Waals surface area (Å²) in [4.78, 5) is 43.6. The predicted molar refractivity (Wildman–Crippen MR) is 129 cm³/mol. The van der Waals surface area contributed by atoms with Crippen LogP contribution in [0, 0.1) is 0 Å². The molecule has 0 unspecified atom stereocenters. The number of amides is 2. The molecule has 0 bridgehead atoms. The Morgan fingerprint density at radius 1 is 1.17 bits per heavy atom. The number of carboxylic acids is 1. The molecule has 2 N–H and O–H groups in total. The lowest BCUT2D eigenvalue weighted by Gasteiger charge is -2.33. The van der Waals surface area contributed by atoms with Crippen molar-refractivity contribution >= 4 is 29.4 Å². The van der Waals surface area contributed by atoms with Crippen molar-refractivity contribution in [2.45, 2.75) is 70.4 Å². The van der Waals surface area contributed by atoms with E-state index in [4.69, 9.17) is 9.47 Å². The number of carbonyl (C=O) groups is 3. The molecule has 190 valence electrons. The summed E-state index contributed by atoms with van der Waals surface area (Å²) in [6, 6.07) is 3.75. The Morgan fingerprint density at radius 2 is 1.97 bits per heavy atom. The molecular weight excluding hydrogens is 452 g/mol. The molecule has 0 spiro atoms. The van der Waals surface area contributed by atoms with E-state index in [0.717, 1.165) is 56.2 Å². The van der Waals surface area contributed by atoms with Gasteiger partial charge in [-0.2, -0.15) is 0 Å². The molecule has 10 heteroatoms. The van der Waals surface area contributed by atoms with Crippen LogP contribution in [0.4, 0.5) is 5.69 Å². The number of aliphatic imine (C=N–C) groups is 1. The first-order valence-corrected chi connectivity index (χ1v) is 12.4. The van der Waals surface area contributed by atoms with Gasteiger partial charge in [-0.15, -0.1) is 0 Å². The van der Waals surface area contributed by atoms with E-state index in [1.807, 2.05) is 17.0 Å². The number of unbranched alkanes of at least 4 members (excludes halogenated alkanes) is 2. The maximum atomic E-state index is 12.7. The Bertz CT molecular complexity index is 988. The number of carbonyl (C=O) groups excluding carboxylic acids is 2. The van der Waals surface area contributed by atoms with Gasteiger partial charge in [-0.05, 0) is 44.2 Å². The third-order valence-electron chi connectivity index (χ3n) is 6.80. The summed E-state index contributed by atoms with van der Waals surface area (Å²) in [5, 5.41) is 12.0. The molecule has 2 fully saturated rings. The third kappa shape index (κ3) is 6.04. The molecule has 1 aromatic carbocycles. The highest BCUT2D eigenvalue weighted by Crippen LogP contribution is 2.40. The number of guanidine groups is 1. The first-order chi connectivity index (χ1) is 17.0. The van der Waals surface area contributed by atoms with Crippen LogP contribution in [0.3, 0.4) is 0 Å². The van der Waals surface area contributed by atoms with Crippen LogP contribution in [-0.4, -0.2) is 71.5 Å². The number of hydrogen-bond donors (Lipinski definition) is 2. The first-order valence-electron chi connectivity index (χ1n) is 12.4. The van der Waals surface area contributed by atoms with E-state index in [2.05, 4.69) is 10.3 Å². The summed E-state index contributed by atoms with van der Waals surface area (Å²) in [6.07, 6.45) is 7.68. The smallest absolute Gasteiger partial charge is 0.323 e. The molecule has 1 saturated carbocycles. The summed E-state index contributed by atoms with van der Waals surface area (Å²) in [7, 11) is 1.59. The molecule has 2 heterocycles. The van der Waals surface area contributed by atoms with Gasteiger partial charge >= 0.3 is 5.97 Å². The van der Waals surface area contributed by atoms with Crippen molar-refractivity contribution in [2.24, 2.45) is 4.99 Å². The molecule has 1 aromatic rings. The number of ether oxygens (including phenoxy) is 2. The third-order valence-corrected chi connectivity index (χ3v) is 6.80. The standard InChI is InChI=1S/C25H34N4O6/c1-34-24-18-14-28-15-21(30)27-25(28)26-19(18)11-12-20(24)35-13-7-3-6-10-22(31)29(16-23(32)33)17-8-4-2-5-9-17/h11-12,17H,2-10,13-16H2,1H3,(H,32,33)(H,26,27,30).